The molecule has 18 heavy (non-hydrogen) atoms. The van der Waals surface area contributed by atoms with Crippen LogP contribution in [0.2, 0.25) is 0 Å². The molecule has 1 rings (SSSR count). The van der Waals surface area contributed by atoms with Crippen LogP contribution in [0.3, 0.4) is 0 Å². The summed E-state index contributed by atoms with van der Waals surface area (Å²) in [6.07, 6.45) is 0. The second-order valence-electron chi connectivity index (χ2n) is 4.16. The van der Waals surface area contributed by atoms with E-state index in [1.807, 2.05) is 7.05 Å². The number of halogens is 6. The Morgan fingerprint density at radius 3 is 1.56 bits per heavy atom. The summed E-state index contributed by atoms with van der Waals surface area (Å²) < 4.78 is 1.21. The third kappa shape index (κ3) is 19.0. The molecule has 114 valence electrons. The van der Waals surface area contributed by atoms with Gasteiger partial charge in [-0.2, -0.15) is 0 Å². The van der Waals surface area contributed by atoms with Crippen LogP contribution in [0.5, 0.6) is 0 Å². The van der Waals surface area contributed by atoms with Crippen molar-refractivity contribution in [3.8, 4) is 0 Å². The Labute approximate surface area is 167 Å². The molecule has 0 bridgehead atoms. The van der Waals surface area contributed by atoms with Gasteiger partial charge in [-0.1, -0.05) is 0 Å². The molecule has 0 aromatic carbocycles. The van der Waals surface area contributed by atoms with E-state index in [4.69, 9.17) is 34.8 Å². The highest BCUT2D eigenvalue weighted by Crippen LogP contribution is 2.15. The molecule has 0 aliphatic carbocycles. The number of rotatable bonds is 6. The van der Waals surface area contributed by atoms with E-state index in [1.165, 1.54) is 17.6 Å². The number of hydrogen-bond acceptors (Lipinski definition) is 1. The van der Waals surface area contributed by atoms with Crippen molar-refractivity contribution in [2.24, 2.45) is 0 Å². The van der Waals surface area contributed by atoms with E-state index < -0.39 is 0 Å². The molecule has 1 fully saturated rings. The normalized spacial score (nSPS) is 14.7. The Hall–Kier alpha value is 2.98. The van der Waals surface area contributed by atoms with Gasteiger partial charge in [-0.05, 0) is 7.05 Å². The summed E-state index contributed by atoms with van der Waals surface area (Å²) in [5.74, 6) is 2.19. The molecule has 1 saturated heterocycles. The zero-order valence-corrected chi connectivity index (χ0v) is 19.8. The molecule has 0 unspecified atom stereocenters. The Balaban J connectivity index is -0.000000210. The van der Waals surface area contributed by atoms with Crippen molar-refractivity contribution in [1.82, 2.24) is 4.90 Å². The second kappa shape index (κ2) is 18.0. The molecule has 0 saturated carbocycles. The summed E-state index contributed by atoms with van der Waals surface area (Å²) in [5, 5.41) is 0. The number of quaternary nitrogens is 1. The first-order chi connectivity index (χ1) is 8.08. The van der Waals surface area contributed by atoms with Gasteiger partial charge in [0.25, 0.3) is 0 Å². The lowest BCUT2D eigenvalue weighted by Crippen LogP contribution is -2.22. The number of alkyl halides is 3. The summed E-state index contributed by atoms with van der Waals surface area (Å²) in [4.78, 5) is 2.10. The minimum absolute atomic E-state index is 0. The first-order valence-corrected chi connectivity index (χ1v) is 13.3. The quantitative estimate of drug-likeness (QED) is 0.176. The smallest absolute Gasteiger partial charge is 0.128 e. The van der Waals surface area contributed by atoms with Gasteiger partial charge in [0.1, 0.15) is 13.1 Å². The predicted octanol–water partition coefficient (Wildman–Crippen LogP) is 4.47. The summed E-state index contributed by atoms with van der Waals surface area (Å²) in [6.45, 7) is 5.68. The zero-order chi connectivity index (χ0) is 13.7. The third-order valence-electron chi connectivity index (χ3n) is 2.54. The molecule has 1 aliphatic rings. The van der Waals surface area contributed by atoms with Crippen LogP contribution < -0.4 is 0 Å². The molecule has 0 atom stereocenters. The molecular weight excluding hydrogens is 635 g/mol. The summed E-state index contributed by atoms with van der Waals surface area (Å²) in [6, 6.07) is 0. The van der Waals surface area contributed by atoms with Gasteiger partial charge in [-0.15, -0.1) is 58.8 Å². The Morgan fingerprint density at radius 1 is 1.00 bits per heavy atom. The van der Waals surface area contributed by atoms with E-state index in [2.05, 4.69) is 49.2 Å². The lowest BCUT2D eigenvalue weighted by Gasteiger charge is -2.11. The molecule has 0 radical (unpaired) electrons. The van der Waals surface area contributed by atoms with E-state index in [1.54, 1.807) is 0 Å². The molecule has 0 aromatic heterocycles. The minimum Gasteiger partial charge on any atom is -0.316 e. The minimum atomic E-state index is 0. The topological polar surface area (TPSA) is 3.24 Å². The Kier molecular flexibility index (Phi) is 26.0. The number of nitrogens with zero attached hydrogens (tertiary/aromatic N) is 2. The van der Waals surface area contributed by atoms with Gasteiger partial charge in [0.15, 0.2) is 0 Å². The summed E-state index contributed by atoms with van der Waals surface area (Å²) in [5.41, 5.74) is 0. The standard InChI is InChI=1S/C5H11Cl2N.C5H11ClN.I2.HI/c1-8(4-2-6)5-3-7;1-7(3-2-6)4-5-7;1-2;/h2-5H2,1H3;2-5H2,1H3;;1H/q;+1;;. The van der Waals surface area contributed by atoms with E-state index in [-0.39, 0.29) is 24.0 Å². The fourth-order valence-corrected chi connectivity index (χ4v) is 1.98. The molecule has 0 N–H and O–H groups in total. The van der Waals surface area contributed by atoms with Gasteiger partial charge in [-0.3, -0.25) is 0 Å². The van der Waals surface area contributed by atoms with Crippen LogP contribution in [-0.2, 0) is 0 Å². The maximum Gasteiger partial charge on any atom is 0.128 e. The van der Waals surface area contributed by atoms with Crippen molar-refractivity contribution in [3.05, 3.63) is 0 Å². The van der Waals surface area contributed by atoms with Crippen molar-refractivity contribution in [2.45, 2.75) is 0 Å². The van der Waals surface area contributed by atoms with Crippen LogP contribution in [0.25, 0.3) is 0 Å². The van der Waals surface area contributed by atoms with Crippen LogP contribution >= 0.6 is 96.0 Å². The average Bonchev–Trinajstić information content (AvgIpc) is 3.01. The fourth-order valence-electron chi connectivity index (χ4n) is 0.999. The molecule has 1 aliphatic heterocycles. The maximum atomic E-state index is 5.51. The van der Waals surface area contributed by atoms with Gasteiger partial charge in [-0.25, -0.2) is 0 Å². The highest BCUT2D eigenvalue weighted by molar-refractivity contribution is 15.0. The van der Waals surface area contributed by atoms with Crippen molar-refractivity contribution in [1.29, 1.82) is 0 Å². The average molecular weight is 658 g/mol. The monoisotopic (exact) mass is 657 g/mol. The van der Waals surface area contributed by atoms with Crippen LogP contribution in [-0.4, -0.2) is 73.8 Å². The molecule has 0 amide bonds. The van der Waals surface area contributed by atoms with Crippen LogP contribution in [0.4, 0.5) is 0 Å². The van der Waals surface area contributed by atoms with Gasteiger partial charge in [0.05, 0.1) is 19.5 Å². The molecule has 0 spiro atoms. The lowest BCUT2D eigenvalue weighted by atomic mass is 10.6. The number of hydrogen-bond donors (Lipinski definition) is 0. The highest BCUT2D eigenvalue weighted by atomic mass is 128. The molecule has 8 heteroatoms. The van der Waals surface area contributed by atoms with E-state index in [0.29, 0.717) is 11.8 Å². The fraction of sp³-hybridized carbons (Fsp3) is 1.00. The van der Waals surface area contributed by atoms with Crippen LogP contribution in [0.1, 0.15) is 0 Å². The van der Waals surface area contributed by atoms with Crippen molar-refractivity contribution in [3.63, 3.8) is 0 Å². The summed E-state index contributed by atoms with van der Waals surface area (Å²) >= 11 is 20.6. The SMILES string of the molecule is CN(CCCl)CCCl.C[N+]1(CCCl)CC1.I.II. The third-order valence-corrected chi connectivity index (χ3v) is 3.05. The molecule has 0 aromatic rings. The second-order valence-corrected chi connectivity index (χ2v) is 5.29. The van der Waals surface area contributed by atoms with Crippen molar-refractivity contribution >= 4 is 96.0 Å². The van der Waals surface area contributed by atoms with Gasteiger partial charge >= 0.3 is 0 Å². The van der Waals surface area contributed by atoms with Crippen molar-refractivity contribution in [2.75, 3.05) is 64.5 Å². The number of likely N-dealkylation sites (N-methyl/N-ethyl adjacent to an activating group) is 1. The van der Waals surface area contributed by atoms with E-state index in [9.17, 15) is 0 Å². The Morgan fingerprint density at radius 2 is 1.39 bits per heavy atom. The van der Waals surface area contributed by atoms with E-state index >= 15 is 0 Å². The maximum absolute atomic E-state index is 5.51. The van der Waals surface area contributed by atoms with Gasteiger partial charge in [0, 0.05) is 62.1 Å². The molecule has 1 heterocycles. The highest BCUT2D eigenvalue weighted by Gasteiger charge is 2.35. The molecule has 2 nitrogen and oxygen atoms in total. The van der Waals surface area contributed by atoms with Crippen LogP contribution in [0, 0.1) is 0 Å². The van der Waals surface area contributed by atoms with Crippen molar-refractivity contribution < 1.29 is 4.48 Å². The Bertz CT molecular complexity index is 157. The lowest BCUT2D eigenvalue weighted by molar-refractivity contribution is -0.774. The first kappa shape index (κ1) is 25.9. The molecular formula is C10H23Cl3I3N2+. The largest absolute Gasteiger partial charge is 0.316 e. The van der Waals surface area contributed by atoms with E-state index in [0.717, 1.165) is 25.5 Å². The first-order valence-electron chi connectivity index (χ1n) is 5.42. The zero-order valence-electron chi connectivity index (χ0n) is 10.8. The van der Waals surface area contributed by atoms with Gasteiger partial charge < -0.3 is 9.38 Å². The van der Waals surface area contributed by atoms with Crippen LogP contribution in [0.15, 0.2) is 0 Å². The van der Waals surface area contributed by atoms with Gasteiger partial charge in [0.2, 0.25) is 0 Å². The summed E-state index contributed by atoms with van der Waals surface area (Å²) in [7, 11) is 4.24. The predicted molar refractivity (Wildman–Crippen MR) is 114 cm³/mol.